The van der Waals surface area contributed by atoms with Crippen LogP contribution in [0.4, 0.5) is 0 Å². The maximum Gasteiger partial charge on any atom is 0.197 e. The van der Waals surface area contributed by atoms with Gasteiger partial charge in [0.05, 0.1) is 24.2 Å². The fourth-order valence-electron chi connectivity index (χ4n) is 3.62. The molecule has 4 rings (SSSR count). The van der Waals surface area contributed by atoms with Crippen LogP contribution in [-0.4, -0.2) is 42.3 Å². The average molecular weight is 401 g/mol. The van der Waals surface area contributed by atoms with Crippen molar-refractivity contribution in [2.24, 2.45) is 0 Å². The Labute approximate surface area is 155 Å². The van der Waals surface area contributed by atoms with Gasteiger partial charge < -0.3 is 9.30 Å². The normalized spacial score (nSPS) is 15.9. The van der Waals surface area contributed by atoms with Gasteiger partial charge in [-0.3, -0.25) is 9.69 Å². The van der Waals surface area contributed by atoms with Crippen molar-refractivity contribution in [2.45, 2.75) is 13.0 Å². The van der Waals surface area contributed by atoms with Crippen molar-refractivity contribution in [1.82, 2.24) is 9.47 Å². The molecule has 0 atom stereocenters. The Morgan fingerprint density at radius 1 is 0.960 bits per heavy atom. The first kappa shape index (κ1) is 16.8. The van der Waals surface area contributed by atoms with Gasteiger partial charge in [0, 0.05) is 41.4 Å². The number of morpholine rings is 1. The van der Waals surface area contributed by atoms with Crippen LogP contribution in [0.3, 0.4) is 0 Å². The summed E-state index contributed by atoms with van der Waals surface area (Å²) in [6.45, 7) is 5.64. The van der Waals surface area contributed by atoms with E-state index >= 15 is 0 Å². The van der Waals surface area contributed by atoms with Crippen molar-refractivity contribution < 1.29 is 4.74 Å². The largest absolute Gasteiger partial charge is 0.379 e. The lowest BCUT2D eigenvalue weighted by Crippen LogP contribution is -2.37. The molecule has 0 radical (unpaired) electrons. The molecule has 0 aliphatic carbocycles. The summed E-state index contributed by atoms with van der Waals surface area (Å²) in [5.74, 6) is 0. The minimum atomic E-state index is 0.108. The standard InChI is InChI=1S/C20H21BrN2O2/c21-15-6-7-19-17(14-15)20(24)16-4-1-2-5-18(16)23(19)9-3-8-22-10-12-25-13-11-22/h1-2,4-7,14H,3,8-13H2. The molecular formula is C20H21BrN2O2. The minimum Gasteiger partial charge on any atom is -0.379 e. The van der Waals surface area contributed by atoms with Crippen LogP contribution in [-0.2, 0) is 11.3 Å². The van der Waals surface area contributed by atoms with Crippen LogP contribution in [0.15, 0.2) is 51.7 Å². The molecule has 0 amide bonds. The number of fused-ring (bicyclic) bond motifs is 2. The third kappa shape index (κ3) is 3.36. The van der Waals surface area contributed by atoms with E-state index in [-0.39, 0.29) is 5.43 Å². The van der Waals surface area contributed by atoms with Gasteiger partial charge in [0.1, 0.15) is 0 Å². The van der Waals surface area contributed by atoms with E-state index in [1.165, 1.54) is 0 Å². The van der Waals surface area contributed by atoms with Crippen LogP contribution in [0.2, 0.25) is 0 Å². The fraction of sp³-hybridized carbons (Fsp3) is 0.350. The van der Waals surface area contributed by atoms with Crippen LogP contribution in [0.25, 0.3) is 21.8 Å². The number of ether oxygens (including phenoxy) is 1. The van der Waals surface area contributed by atoms with Crippen LogP contribution >= 0.6 is 15.9 Å². The van der Waals surface area contributed by atoms with E-state index in [4.69, 9.17) is 4.74 Å². The summed E-state index contributed by atoms with van der Waals surface area (Å²) in [4.78, 5) is 15.3. The first-order chi connectivity index (χ1) is 12.2. The Balaban J connectivity index is 1.72. The van der Waals surface area contributed by atoms with E-state index in [1.54, 1.807) is 0 Å². The zero-order valence-electron chi connectivity index (χ0n) is 14.1. The third-order valence-corrected chi connectivity index (χ3v) is 5.39. The maximum absolute atomic E-state index is 12.9. The second-order valence-corrected chi connectivity index (χ2v) is 7.38. The van der Waals surface area contributed by atoms with Gasteiger partial charge in [0.2, 0.25) is 0 Å². The lowest BCUT2D eigenvalue weighted by molar-refractivity contribution is 0.0370. The maximum atomic E-state index is 12.9. The SMILES string of the molecule is O=c1c2ccccc2n(CCCN2CCOCC2)c2ccc(Br)cc12. The van der Waals surface area contributed by atoms with Gasteiger partial charge >= 0.3 is 0 Å². The topological polar surface area (TPSA) is 34.5 Å². The predicted molar refractivity (Wildman–Crippen MR) is 105 cm³/mol. The molecule has 3 aromatic rings. The van der Waals surface area contributed by atoms with Gasteiger partial charge in [0.15, 0.2) is 5.43 Å². The number of para-hydroxylation sites is 1. The highest BCUT2D eigenvalue weighted by Gasteiger charge is 2.13. The number of hydrogen-bond donors (Lipinski definition) is 0. The molecule has 0 N–H and O–H groups in total. The van der Waals surface area contributed by atoms with Gasteiger partial charge in [-0.25, -0.2) is 0 Å². The summed E-state index contributed by atoms with van der Waals surface area (Å²) >= 11 is 3.49. The number of hydrogen-bond acceptors (Lipinski definition) is 3. The average Bonchev–Trinajstić information content (AvgIpc) is 2.65. The minimum absolute atomic E-state index is 0.108. The number of halogens is 1. The van der Waals surface area contributed by atoms with E-state index in [1.807, 2.05) is 42.5 Å². The van der Waals surface area contributed by atoms with Crippen LogP contribution < -0.4 is 5.43 Å². The molecule has 130 valence electrons. The predicted octanol–water partition coefficient (Wildman–Crippen LogP) is 3.64. The molecule has 1 fully saturated rings. The van der Waals surface area contributed by atoms with Crippen molar-refractivity contribution in [3.05, 3.63) is 57.2 Å². The third-order valence-electron chi connectivity index (χ3n) is 4.89. The van der Waals surface area contributed by atoms with E-state index < -0.39 is 0 Å². The lowest BCUT2D eigenvalue weighted by atomic mass is 10.1. The second kappa shape index (κ2) is 7.28. The molecule has 0 bridgehead atoms. The zero-order chi connectivity index (χ0) is 17.2. The van der Waals surface area contributed by atoms with Crippen LogP contribution in [0, 0.1) is 0 Å². The number of benzene rings is 2. The molecule has 5 heteroatoms. The molecule has 1 aliphatic heterocycles. The van der Waals surface area contributed by atoms with E-state index in [0.717, 1.165) is 72.1 Å². The van der Waals surface area contributed by atoms with Gasteiger partial charge in [0.25, 0.3) is 0 Å². The Hall–Kier alpha value is -1.69. The highest BCUT2D eigenvalue weighted by molar-refractivity contribution is 9.10. The summed E-state index contributed by atoms with van der Waals surface area (Å²) in [5.41, 5.74) is 2.13. The Bertz CT molecular complexity index is 961. The van der Waals surface area contributed by atoms with Gasteiger partial charge in [-0.2, -0.15) is 0 Å². The number of aromatic nitrogens is 1. The molecular weight excluding hydrogens is 380 g/mol. The fourth-order valence-corrected chi connectivity index (χ4v) is 3.98. The molecule has 25 heavy (non-hydrogen) atoms. The molecule has 2 aromatic carbocycles. The molecule has 1 aliphatic rings. The zero-order valence-corrected chi connectivity index (χ0v) is 15.7. The summed E-state index contributed by atoms with van der Waals surface area (Å²) in [5, 5.41) is 1.57. The van der Waals surface area contributed by atoms with Crippen LogP contribution in [0.1, 0.15) is 6.42 Å². The Morgan fingerprint density at radius 2 is 1.72 bits per heavy atom. The quantitative estimate of drug-likeness (QED) is 0.627. The van der Waals surface area contributed by atoms with Crippen molar-refractivity contribution in [3.8, 4) is 0 Å². The van der Waals surface area contributed by atoms with E-state index in [0.29, 0.717) is 0 Å². The van der Waals surface area contributed by atoms with Gasteiger partial charge in [-0.15, -0.1) is 0 Å². The summed E-state index contributed by atoms with van der Waals surface area (Å²) < 4.78 is 8.65. The monoisotopic (exact) mass is 400 g/mol. The van der Waals surface area contributed by atoms with Crippen molar-refractivity contribution in [2.75, 3.05) is 32.8 Å². The number of aryl methyl sites for hydroxylation is 1. The first-order valence-corrected chi connectivity index (χ1v) is 9.54. The smallest absolute Gasteiger partial charge is 0.197 e. The molecule has 0 spiro atoms. The first-order valence-electron chi connectivity index (χ1n) is 8.75. The molecule has 4 nitrogen and oxygen atoms in total. The van der Waals surface area contributed by atoms with E-state index in [9.17, 15) is 4.79 Å². The number of rotatable bonds is 4. The second-order valence-electron chi connectivity index (χ2n) is 6.47. The van der Waals surface area contributed by atoms with Crippen molar-refractivity contribution in [1.29, 1.82) is 0 Å². The van der Waals surface area contributed by atoms with Gasteiger partial charge in [-0.05, 0) is 36.8 Å². The molecule has 1 aromatic heterocycles. The number of pyridine rings is 1. The highest BCUT2D eigenvalue weighted by atomic mass is 79.9. The molecule has 0 saturated carbocycles. The van der Waals surface area contributed by atoms with E-state index in [2.05, 4.69) is 25.4 Å². The Kier molecular flexibility index (Phi) is 4.88. The summed E-state index contributed by atoms with van der Waals surface area (Å²) in [6.07, 6.45) is 1.05. The summed E-state index contributed by atoms with van der Waals surface area (Å²) in [6, 6.07) is 13.9. The van der Waals surface area contributed by atoms with Crippen molar-refractivity contribution in [3.63, 3.8) is 0 Å². The van der Waals surface area contributed by atoms with Gasteiger partial charge in [-0.1, -0.05) is 28.1 Å². The molecule has 0 unspecified atom stereocenters. The molecule has 1 saturated heterocycles. The van der Waals surface area contributed by atoms with Crippen molar-refractivity contribution >= 4 is 37.7 Å². The van der Waals surface area contributed by atoms with Crippen LogP contribution in [0.5, 0.6) is 0 Å². The summed E-state index contributed by atoms with van der Waals surface area (Å²) in [7, 11) is 0. The number of nitrogens with zero attached hydrogens (tertiary/aromatic N) is 2. The Morgan fingerprint density at radius 3 is 2.56 bits per heavy atom. The highest BCUT2D eigenvalue weighted by Crippen LogP contribution is 2.22. The lowest BCUT2D eigenvalue weighted by Gasteiger charge is -2.26. The molecule has 2 heterocycles.